The summed E-state index contributed by atoms with van der Waals surface area (Å²) in [6.45, 7) is 4.29. The molecule has 9 heteroatoms. The molecule has 0 bridgehead atoms. The first-order valence-electron chi connectivity index (χ1n) is 8.72. The van der Waals surface area contributed by atoms with Crippen LogP contribution in [-0.2, 0) is 6.54 Å². The lowest BCUT2D eigenvalue weighted by Crippen LogP contribution is -2.17. The van der Waals surface area contributed by atoms with E-state index in [1.807, 2.05) is 42.8 Å². The van der Waals surface area contributed by atoms with Crippen molar-refractivity contribution in [2.24, 2.45) is 5.10 Å². The number of aryl methyl sites for hydroxylation is 1. The Bertz CT molecular complexity index is 1090. The number of halogens is 1. The number of benzene rings is 2. The van der Waals surface area contributed by atoms with Crippen molar-refractivity contribution in [1.29, 1.82) is 0 Å². The van der Waals surface area contributed by atoms with Crippen LogP contribution in [0, 0.1) is 24.0 Å². The molecule has 1 amide bonds. The number of carbonyl (C=O) groups excluding carboxylic acids is 1. The van der Waals surface area contributed by atoms with Crippen molar-refractivity contribution in [2.75, 3.05) is 0 Å². The summed E-state index contributed by atoms with van der Waals surface area (Å²) in [5, 5.41) is 19.9. The van der Waals surface area contributed by atoms with Gasteiger partial charge in [0.05, 0.1) is 23.4 Å². The Labute approximate surface area is 172 Å². The summed E-state index contributed by atoms with van der Waals surface area (Å²) in [6.07, 6.45) is 1.53. The summed E-state index contributed by atoms with van der Waals surface area (Å²) in [5.74, 6) is -0.463. The summed E-state index contributed by atoms with van der Waals surface area (Å²) in [7, 11) is 0. The van der Waals surface area contributed by atoms with Gasteiger partial charge in [-0.2, -0.15) is 10.2 Å². The minimum atomic E-state index is -0.522. The Balaban J connectivity index is 1.70. The van der Waals surface area contributed by atoms with E-state index >= 15 is 0 Å². The molecule has 1 aromatic heterocycles. The van der Waals surface area contributed by atoms with Gasteiger partial charge < -0.3 is 0 Å². The molecule has 0 aliphatic heterocycles. The number of amides is 1. The molecule has 0 unspecified atom stereocenters. The van der Waals surface area contributed by atoms with Crippen molar-refractivity contribution >= 4 is 29.4 Å². The zero-order chi connectivity index (χ0) is 21.0. The molecule has 148 valence electrons. The van der Waals surface area contributed by atoms with Gasteiger partial charge in [-0.1, -0.05) is 29.8 Å². The van der Waals surface area contributed by atoms with Crippen LogP contribution < -0.4 is 5.43 Å². The normalized spacial score (nSPS) is 11.0. The van der Waals surface area contributed by atoms with E-state index in [2.05, 4.69) is 15.6 Å². The monoisotopic (exact) mass is 411 g/mol. The van der Waals surface area contributed by atoms with Crippen LogP contribution in [0.25, 0.3) is 0 Å². The number of nitro benzene ring substituents is 1. The lowest BCUT2D eigenvalue weighted by Gasteiger charge is -2.06. The van der Waals surface area contributed by atoms with Crippen LogP contribution in [0.3, 0.4) is 0 Å². The molecule has 8 nitrogen and oxygen atoms in total. The first-order chi connectivity index (χ1) is 13.9. The third kappa shape index (κ3) is 4.67. The number of rotatable bonds is 6. The Hall–Kier alpha value is -3.52. The van der Waals surface area contributed by atoms with Crippen LogP contribution in [0.1, 0.15) is 32.9 Å². The highest BCUT2D eigenvalue weighted by molar-refractivity contribution is 6.31. The SMILES string of the molecule is Cc1nn(Cc2ccccc2Cl)c(C)c1/C=N\NC(=O)c1ccc([N+](=O)[O-])cc1. The van der Waals surface area contributed by atoms with Crippen molar-refractivity contribution in [2.45, 2.75) is 20.4 Å². The quantitative estimate of drug-likeness (QED) is 0.377. The molecule has 0 aliphatic carbocycles. The molecule has 3 aromatic rings. The Morgan fingerprint density at radius 1 is 1.24 bits per heavy atom. The van der Waals surface area contributed by atoms with Crippen molar-refractivity contribution in [1.82, 2.24) is 15.2 Å². The van der Waals surface area contributed by atoms with Crippen LogP contribution >= 0.6 is 11.6 Å². The first-order valence-corrected chi connectivity index (χ1v) is 9.10. The number of carbonyl (C=O) groups is 1. The van der Waals surface area contributed by atoms with Gasteiger partial charge in [0.15, 0.2) is 0 Å². The van der Waals surface area contributed by atoms with Gasteiger partial charge in [-0.15, -0.1) is 0 Å². The van der Waals surface area contributed by atoms with Crippen LogP contribution in [-0.4, -0.2) is 26.8 Å². The fourth-order valence-electron chi connectivity index (χ4n) is 2.79. The molecule has 0 saturated carbocycles. The maximum Gasteiger partial charge on any atom is 0.271 e. The molecule has 29 heavy (non-hydrogen) atoms. The Morgan fingerprint density at radius 3 is 2.59 bits per heavy atom. The molecule has 1 N–H and O–H groups in total. The second-order valence-corrected chi connectivity index (χ2v) is 6.74. The zero-order valence-corrected chi connectivity index (χ0v) is 16.6. The number of nitro groups is 1. The third-order valence-corrected chi connectivity index (χ3v) is 4.78. The maximum atomic E-state index is 12.1. The smallest absolute Gasteiger partial charge is 0.267 e. The average Bonchev–Trinajstić information content (AvgIpc) is 2.97. The highest BCUT2D eigenvalue weighted by Crippen LogP contribution is 2.18. The molecular formula is C20H18ClN5O3. The first kappa shape index (κ1) is 20.2. The molecule has 0 saturated heterocycles. The van der Waals surface area contributed by atoms with Gasteiger partial charge in [0.1, 0.15) is 0 Å². The summed E-state index contributed by atoms with van der Waals surface area (Å²) in [6, 6.07) is 12.9. The minimum Gasteiger partial charge on any atom is -0.267 e. The fourth-order valence-corrected chi connectivity index (χ4v) is 2.99. The molecular weight excluding hydrogens is 394 g/mol. The number of hydrogen-bond donors (Lipinski definition) is 1. The van der Waals surface area contributed by atoms with Gasteiger partial charge in [-0.05, 0) is 37.6 Å². The molecule has 0 atom stereocenters. The molecule has 0 radical (unpaired) electrons. The summed E-state index contributed by atoms with van der Waals surface area (Å²) in [4.78, 5) is 22.3. The highest BCUT2D eigenvalue weighted by Gasteiger charge is 2.12. The van der Waals surface area contributed by atoms with Gasteiger partial charge in [0.25, 0.3) is 11.6 Å². The predicted molar refractivity (Wildman–Crippen MR) is 110 cm³/mol. The van der Waals surface area contributed by atoms with E-state index in [0.29, 0.717) is 11.6 Å². The van der Waals surface area contributed by atoms with E-state index < -0.39 is 10.8 Å². The number of hydrogen-bond acceptors (Lipinski definition) is 5. The Morgan fingerprint density at radius 2 is 1.93 bits per heavy atom. The fraction of sp³-hybridized carbons (Fsp3) is 0.150. The largest absolute Gasteiger partial charge is 0.271 e. The molecule has 0 fully saturated rings. The van der Waals surface area contributed by atoms with E-state index in [9.17, 15) is 14.9 Å². The second kappa shape index (κ2) is 8.66. The van der Waals surface area contributed by atoms with E-state index in [1.165, 1.54) is 30.5 Å². The number of nitrogens with one attached hydrogen (secondary N) is 1. The Kier molecular flexibility index (Phi) is 6.04. The van der Waals surface area contributed by atoms with E-state index in [1.54, 1.807) is 0 Å². The number of nitrogens with zero attached hydrogens (tertiary/aromatic N) is 4. The van der Waals surface area contributed by atoms with Crippen molar-refractivity contribution in [3.05, 3.63) is 91.7 Å². The molecule has 2 aromatic carbocycles. The number of hydrazone groups is 1. The molecule has 1 heterocycles. The number of non-ortho nitro benzene ring substituents is 1. The van der Waals surface area contributed by atoms with Crippen LogP contribution in [0.4, 0.5) is 5.69 Å². The third-order valence-electron chi connectivity index (χ3n) is 4.42. The van der Waals surface area contributed by atoms with Gasteiger partial charge in [0, 0.05) is 34.0 Å². The lowest BCUT2D eigenvalue weighted by atomic mass is 10.2. The topological polar surface area (TPSA) is 102 Å². The van der Waals surface area contributed by atoms with Gasteiger partial charge in [0.2, 0.25) is 0 Å². The summed E-state index contributed by atoms with van der Waals surface area (Å²) >= 11 is 6.22. The minimum absolute atomic E-state index is 0.0813. The summed E-state index contributed by atoms with van der Waals surface area (Å²) in [5.41, 5.74) is 6.01. The summed E-state index contributed by atoms with van der Waals surface area (Å²) < 4.78 is 1.83. The number of aromatic nitrogens is 2. The molecule has 3 rings (SSSR count). The van der Waals surface area contributed by atoms with E-state index in [4.69, 9.17) is 11.6 Å². The van der Waals surface area contributed by atoms with Crippen LogP contribution in [0.5, 0.6) is 0 Å². The molecule has 0 aliphatic rings. The lowest BCUT2D eigenvalue weighted by molar-refractivity contribution is -0.384. The van der Waals surface area contributed by atoms with Gasteiger partial charge in [-0.3, -0.25) is 19.6 Å². The molecule has 0 spiro atoms. The van der Waals surface area contributed by atoms with Crippen molar-refractivity contribution in [3.8, 4) is 0 Å². The van der Waals surface area contributed by atoms with Gasteiger partial charge >= 0.3 is 0 Å². The van der Waals surface area contributed by atoms with E-state index in [-0.39, 0.29) is 11.3 Å². The van der Waals surface area contributed by atoms with Crippen LogP contribution in [0.15, 0.2) is 53.6 Å². The standard InChI is InChI=1S/C20H18ClN5O3/c1-13-18(14(2)25(24-13)12-16-5-3-4-6-19(16)21)11-22-23-20(27)15-7-9-17(10-8-15)26(28)29/h3-11H,12H2,1-2H3,(H,23,27)/b22-11-. The maximum absolute atomic E-state index is 12.1. The zero-order valence-electron chi connectivity index (χ0n) is 15.8. The van der Waals surface area contributed by atoms with E-state index in [0.717, 1.165) is 22.5 Å². The average molecular weight is 412 g/mol. The van der Waals surface area contributed by atoms with Gasteiger partial charge in [-0.25, -0.2) is 5.43 Å². The van der Waals surface area contributed by atoms with Crippen molar-refractivity contribution < 1.29 is 9.72 Å². The predicted octanol–water partition coefficient (Wildman–Crippen LogP) is 3.87. The van der Waals surface area contributed by atoms with Crippen LogP contribution in [0.2, 0.25) is 5.02 Å². The van der Waals surface area contributed by atoms with Crippen molar-refractivity contribution in [3.63, 3.8) is 0 Å². The highest BCUT2D eigenvalue weighted by atomic mass is 35.5. The second-order valence-electron chi connectivity index (χ2n) is 6.34.